The van der Waals surface area contributed by atoms with Crippen molar-refractivity contribution in [3.05, 3.63) is 71.5 Å². The highest BCUT2D eigenvalue weighted by Crippen LogP contribution is 2.33. The maximum Gasteiger partial charge on any atom is 0.340 e. The van der Waals surface area contributed by atoms with Crippen LogP contribution in [0.15, 0.2) is 54.7 Å². The largest absolute Gasteiger partial charge is 0.478 e. The molecule has 0 saturated carbocycles. The standard InChI is InChI=1S/C21H17N3O2/c1-24-19-16(18(20(24)22)21(25)26)10-8-14-12-23-15(11-17(14)19)9-7-13-5-3-2-4-6-13/h2-12H,22H2,1H3,(H,25,26)/b9-7+. The number of aromatic nitrogens is 2. The van der Waals surface area contributed by atoms with Crippen LogP contribution in [0.4, 0.5) is 5.82 Å². The molecule has 128 valence electrons. The second kappa shape index (κ2) is 6.04. The Bertz CT molecular complexity index is 1170. The lowest BCUT2D eigenvalue weighted by Crippen LogP contribution is -2.03. The van der Waals surface area contributed by atoms with Crippen LogP contribution in [0.3, 0.4) is 0 Å². The van der Waals surface area contributed by atoms with Crippen molar-refractivity contribution in [1.82, 2.24) is 9.55 Å². The number of nitrogens with zero attached hydrogens (tertiary/aromatic N) is 2. The minimum absolute atomic E-state index is 0.141. The van der Waals surface area contributed by atoms with Crippen LogP contribution in [0.5, 0.6) is 0 Å². The molecule has 0 spiro atoms. The van der Waals surface area contributed by atoms with E-state index in [0.717, 1.165) is 27.5 Å². The number of carbonyl (C=O) groups is 1. The van der Waals surface area contributed by atoms with E-state index in [4.69, 9.17) is 5.73 Å². The molecule has 0 aliphatic rings. The predicted octanol–water partition coefficient (Wildman–Crippen LogP) is 4.18. The smallest absolute Gasteiger partial charge is 0.340 e. The molecule has 2 aromatic heterocycles. The fourth-order valence-corrected chi connectivity index (χ4v) is 3.27. The third-order valence-corrected chi connectivity index (χ3v) is 4.58. The number of anilines is 1. The van der Waals surface area contributed by atoms with Gasteiger partial charge in [0.05, 0.1) is 11.2 Å². The molecule has 0 aliphatic carbocycles. The van der Waals surface area contributed by atoms with Gasteiger partial charge in [0.2, 0.25) is 0 Å². The van der Waals surface area contributed by atoms with Crippen molar-refractivity contribution in [1.29, 1.82) is 0 Å². The van der Waals surface area contributed by atoms with Gasteiger partial charge in [0.25, 0.3) is 0 Å². The van der Waals surface area contributed by atoms with Gasteiger partial charge in [-0.1, -0.05) is 48.5 Å². The monoisotopic (exact) mass is 343 g/mol. The van der Waals surface area contributed by atoms with Crippen LogP contribution in [0, 0.1) is 0 Å². The van der Waals surface area contributed by atoms with Gasteiger partial charge in [-0.05, 0) is 17.7 Å². The van der Waals surface area contributed by atoms with E-state index in [9.17, 15) is 9.90 Å². The fraction of sp³-hybridized carbons (Fsp3) is 0.0476. The molecule has 0 atom stereocenters. The van der Waals surface area contributed by atoms with E-state index < -0.39 is 5.97 Å². The molecule has 0 unspecified atom stereocenters. The van der Waals surface area contributed by atoms with E-state index >= 15 is 0 Å². The number of carboxylic acid groups (broad SMARTS) is 1. The summed E-state index contributed by atoms with van der Waals surface area (Å²) in [5.41, 5.74) is 8.86. The SMILES string of the molecule is Cn1c(N)c(C(=O)O)c2ccc3cnc(/C=C/c4ccccc4)cc3c21. The first-order chi connectivity index (χ1) is 12.6. The molecule has 4 aromatic rings. The van der Waals surface area contributed by atoms with Gasteiger partial charge in [0.1, 0.15) is 11.4 Å². The lowest BCUT2D eigenvalue weighted by molar-refractivity contribution is 0.0700. The molecule has 4 rings (SSSR count). The summed E-state index contributed by atoms with van der Waals surface area (Å²) in [6, 6.07) is 15.6. The van der Waals surface area contributed by atoms with Crippen molar-refractivity contribution in [2.75, 3.05) is 5.73 Å². The first kappa shape index (κ1) is 15.9. The number of aryl methyl sites for hydroxylation is 1. The van der Waals surface area contributed by atoms with Crippen LogP contribution < -0.4 is 5.73 Å². The van der Waals surface area contributed by atoms with Crippen LogP contribution >= 0.6 is 0 Å². The number of pyridine rings is 1. The summed E-state index contributed by atoms with van der Waals surface area (Å²) in [5, 5.41) is 12.0. The summed E-state index contributed by atoms with van der Waals surface area (Å²) in [7, 11) is 1.78. The molecule has 0 bridgehead atoms. The Labute approximate surface area is 150 Å². The highest BCUT2D eigenvalue weighted by molar-refractivity contribution is 6.16. The zero-order chi connectivity index (χ0) is 18.3. The third kappa shape index (κ3) is 2.50. The fourth-order valence-electron chi connectivity index (χ4n) is 3.27. The second-order valence-corrected chi connectivity index (χ2v) is 6.16. The molecule has 3 N–H and O–H groups in total. The van der Waals surface area contributed by atoms with Crippen molar-refractivity contribution in [2.24, 2.45) is 7.05 Å². The quantitative estimate of drug-likeness (QED) is 0.585. The number of rotatable bonds is 3. The zero-order valence-corrected chi connectivity index (χ0v) is 14.2. The van der Waals surface area contributed by atoms with Gasteiger partial charge in [-0.25, -0.2) is 4.79 Å². The molecule has 0 amide bonds. The number of benzene rings is 2. The number of aromatic carboxylic acids is 1. The van der Waals surface area contributed by atoms with Crippen molar-refractivity contribution in [2.45, 2.75) is 0 Å². The van der Waals surface area contributed by atoms with Crippen LogP contribution in [0.2, 0.25) is 0 Å². The highest BCUT2D eigenvalue weighted by atomic mass is 16.4. The number of nitrogen functional groups attached to an aromatic ring is 1. The first-order valence-corrected chi connectivity index (χ1v) is 8.19. The Morgan fingerprint density at radius 2 is 1.88 bits per heavy atom. The Morgan fingerprint density at radius 1 is 1.12 bits per heavy atom. The van der Waals surface area contributed by atoms with Crippen molar-refractivity contribution in [3.8, 4) is 0 Å². The van der Waals surface area contributed by atoms with E-state index in [1.807, 2.05) is 54.6 Å². The Morgan fingerprint density at radius 3 is 2.62 bits per heavy atom. The predicted molar refractivity (Wildman–Crippen MR) is 105 cm³/mol. The van der Waals surface area contributed by atoms with E-state index in [1.54, 1.807) is 23.9 Å². The molecule has 2 heterocycles. The van der Waals surface area contributed by atoms with Gasteiger partial charge in [0, 0.05) is 29.4 Å². The molecule has 0 fully saturated rings. The maximum atomic E-state index is 11.6. The maximum absolute atomic E-state index is 11.6. The van der Waals surface area contributed by atoms with Crippen molar-refractivity contribution in [3.63, 3.8) is 0 Å². The highest BCUT2D eigenvalue weighted by Gasteiger charge is 2.20. The minimum Gasteiger partial charge on any atom is -0.478 e. The molecule has 0 aliphatic heterocycles. The van der Waals surface area contributed by atoms with Crippen LogP contribution in [-0.4, -0.2) is 20.6 Å². The summed E-state index contributed by atoms with van der Waals surface area (Å²) < 4.78 is 1.73. The summed E-state index contributed by atoms with van der Waals surface area (Å²) in [6.07, 6.45) is 5.73. The van der Waals surface area contributed by atoms with Crippen LogP contribution in [0.1, 0.15) is 21.6 Å². The van der Waals surface area contributed by atoms with Crippen molar-refractivity contribution >= 4 is 45.6 Å². The lowest BCUT2D eigenvalue weighted by atomic mass is 10.1. The first-order valence-electron chi connectivity index (χ1n) is 8.19. The van der Waals surface area contributed by atoms with Gasteiger partial charge in [-0.3, -0.25) is 4.98 Å². The molecular weight excluding hydrogens is 326 g/mol. The lowest BCUT2D eigenvalue weighted by Gasteiger charge is -2.05. The van der Waals surface area contributed by atoms with Crippen LogP contribution in [0.25, 0.3) is 33.8 Å². The van der Waals surface area contributed by atoms with E-state index in [2.05, 4.69) is 4.98 Å². The number of carboxylic acids is 1. The topological polar surface area (TPSA) is 81.1 Å². The third-order valence-electron chi connectivity index (χ3n) is 4.58. The van der Waals surface area contributed by atoms with Crippen LogP contribution in [-0.2, 0) is 7.05 Å². The normalized spacial score (nSPS) is 11.6. The molecular formula is C21H17N3O2. The summed E-state index contributed by atoms with van der Waals surface area (Å²) in [5.74, 6) is -0.774. The van der Waals surface area contributed by atoms with Crippen molar-refractivity contribution < 1.29 is 9.90 Å². The summed E-state index contributed by atoms with van der Waals surface area (Å²) >= 11 is 0. The second-order valence-electron chi connectivity index (χ2n) is 6.16. The van der Waals surface area contributed by atoms with Gasteiger partial charge in [-0.15, -0.1) is 0 Å². The Hall–Kier alpha value is -3.60. The number of nitrogens with two attached hydrogens (primary N) is 1. The molecule has 0 saturated heterocycles. The number of hydrogen-bond donors (Lipinski definition) is 2. The molecule has 2 aromatic carbocycles. The zero-order valence-electron chi connectivity index (χ0n) is 14.2. The average molecular weight is 343 g/mol. The van der Waals surface area contributed by atoms with E-state index in [1.165, 1.54) is 0 Å². The number of fused-ring (bicyclic) bond motifs is 3. The Kier molecular flexibility index (Phi) is 3.69. The minimum atomic E-state index is -1.02. The molecule has 0 radical (unpaired) electrons. The number of hydrogen-bond acceptors (Lipinski definition) is 3. The Balaban J connectivity index is 1.92. The summed E-state index contributed by atoms with van der Waals surface area (Å²) in [6.45, 7) is 0. The van der Waals surface area contributed by atoms with E-state index in [0.29, 0.717) is 5.39 Å². The molecule has 5 heteroatoms. The van der Waals surface area contributed by atoms with Gasteiger partial charge in [0.15, 0.2) is 0 Å². The molecule has 26 heavy (non-hydrogen) atoms. The average Bonchev–Trinajstić information content (AvgIpc) is 2.92. The van der Waals surface area contributed by atoms with Gasteiger partial charge < -0.3 is 15.4 Å². The summed E-state index contributed by atoms with van der Waals surface area (Å²) in [4.78, 5) is 16.1. The van der Waals surface area contributed by atoms with E-state index in [-0.39, 0.29) is 11.4 Å². The van der Waals surface area contributed by atoms with Gasteiger partial charge >= 0.3 is 5.97 Å². The molecule has 5 nitrogen and oxygen atoms in total. The van der Waals surface area contributed by atoms with Gasteiger partial charge in [-0.2, -0.15) is 0 Å².